The molecule has 0 radical (unpaired) electrons. The number of unbranched alkanes of at least 4 members (excludes halogenated alkanes) is 2. The Hall–Kier alpha value is -1.05. The summed E-state index contributed by atoms with van der Waals surface area (Å²) < 4.78 is 31.4. The second-order valence-electron chi connectivity index (χ2n) is 5.46. The van der Waals surface area contributed by atoms with Gasteiger partial charge >= 0.3 is 10.3 Å². The highest BCUT2D eigenvalue weighted by Gasteiger charge is 2.28. The fourth-order valence-electron chi connectivity index (χ4n) is 2.78. The molecule has 1 unspecified atom stereocenters. The molecule has 1 aliphatic rings. The molecule has 6 nitrogen and oxygen atoms in total. The van der Waals surface area contributed by atoms with Crippen molar-refractivity contribution in [2.24, 2.45) is 0 Å². The smallest absolute Gasteiger partial charge is 0.258 e. The molecule has 1 aliphatic heterocycles. The van der Waals surface area contributed by atoms with Crippen molar-refractivity contribution >= 4 is 10.3 Å². The Bertz CT molecular complexity index is 602. The number of hydrogen-bond acceptors (Lipinski definition) is 5. The Labute approximate surface area is 126 Å². The first-order valence-corrected chi connectivity index (χ1v) is 8.84. The quantitative estimate of drug-likeness (QED) is 0.861. The van der Waals surface area contributed by atoms with Gasteiger partial charge in [-0.1, -0.05) is 26.2 Å². The molecular formula is C14H23N3O3S. The molecule has 1 atom stereocenters. The zero-order valence-corrected chi connectivity index (χ0v) is 13.7. The number of nitrogens with zero attached hydrogens (tertiary/aromatic N) is 2. The van der Waals surface area contributed by atoms with E-state index in [0.29, 0.717) is 6.42 Å². The number of aromatic nitrogens is 2. The first kappa shape index (κ1) is 16.3. The highest BCUT2D eigenvalue weighted by molar-refractivity contribution is 7.84. The highest BCUT2D eigenvalue weighted by Crippen LogP contribution is 2.29. The van der Waals surface area contributed by atoms with Gasteiger partial charge in [-0.25, -0.2) is 0 Å². The van der Waals surface area contributed by atoms with Gasteiger partial charge in [0.25, 0.3) is 0 Å². The Morgan fingerprint density at radius 3 is 2.67 bits per heavy atom. The molecule has 0 saturated carbocycles. The van der Waals surface area contributed by atoms with Gasteiger partial charge in [-0.05, 0) is 37.8 Å². The molecule has 1 aromatic heterocycles. The highest BCUT2D eigenvalue weighted by atomic mass is 32.2. The molecular weight excluding hydrogens is 290 g/mol. The van der Waals surface area contributed by atoms with Crippen molar-refractivity contribution in [2.45, 2.75) is 58.9 Å². The Kier molecular flexibility index (Phi) is 5.29. The molecule has 0 aromatic carbocycles. The van der Waals surface area contributed by atoms with E-state index in [4.69, 9.17) is 4.18 Å². The minimum Gasteiger partial charge on any atom is -0.258 e. The molecule has 0 fully saturated rings. The zero-order chi connectivity index (χ0) is 15.5. The maximum Gasteiger partial charge on any atom is 0.336 e. The van der Waals surface area contributed by atoms with Crippen LogP contribution in [0.5, 0.6) is 0 Å². The summed E-state index contributed by atoms with van der Waals surface area (Å²) in [7, 11) is -3.70. The molecule has 1 aromatic rings. The molecule has 21 heavy (non-hydrogen) atoms. The van der Waals surface area contributed by atoms with Gasteiger partial charge in [-0.2, -0.15) is 23.3 Å². The Balaban J connectivity index is 2.41. The predicted octanol–water partition coefficient (Wildman–Crippen LogP) is 2.12. The zero-order valence-electron chi connectivity index (χ0n) is 12.8. The minimum atomic E-state index is -3.70. The lowest BCUT2D eigenvalue weighted by Gasteiger charge is -2.26. The summed E-state index contributed by atoms with van der Waals surface area (Å²) in [6.07, 6.45) is 4.42. The van der Waals surface area contributed by atoms with Crippen LogP contribution in [0.15, 0.2) is 0 Å². The van der Waals surface area contributed by atoms with Gasteiger partial charge in [-0.3, -0.25) is 4.18 Å². The van der Waals surface area contributed by atoms with Crippen LogP contribution in [0.4, 0.5) is 0 Å². The summed E-state index contributed by atoms with van der Waals surface area (Å²) in [5, 5.41) is 8.31. The monoisotopic (exact) mass is 313 g/mol. The van der Waals surface area contributed by atoms with Crippen LogP contribution in [0.3, 0.4) is 0 Å². The van der Waals surface area contributed by atoms with Gasteiger partial charge in [0.05, 0.1) is 24.0 Å². The minimum absolute atomic E-state index is 0.135. The summed E-state index contributed by atoms with van der Waals surface area (Å²) in [6, 6.07) is -0.286. The van der Waals surface area contributed by atoms with Gasteiger partial charge in [0.1, 0.15) is 0 Å². The van der Waals surface area contributed by atoms with Crippen molar-refractivity contribution in [2.75, 3.05) is 6.61 Å². The second kappa shape index (κ2) is 6.81. The fraction of sp³-hybridized carbons (Fsp3) is 0.714. The summed E-state index contributed by atoms with van der Waals surface area (Å²) in [5.41, 5.74) is 3.68. The van der Waals surface area contributed by atoms with Gasteiger partial charge in [-0.15, -0.1) is 0 Å². The number of nitrogens with one attached hydrogen (secondary N) is 1. The normalized spacial score (nSPS) is 21.4. The van der Waals surface area contributed by atoms with Crippen LogP contribution >= 0.6 is 0 Å². The second-order valence-corrected chi connectivity index (χ2v) is 6.84. The third-order valence-electron chi connectivity index (χ3n) is 3.82. The summed E-state index contributed by atoms with van der Waals surface area (Å²) in [4.78, 5) is 0. The van der Waals surface area contributed by atoms with E-state index >= 15 is 0 Å². The number of rotatable bonds is 4. The number of aryl methyl sites for hydroxylation is 2. The lowest BCUT2D eigenvalue weighted by Crippen LogP contribution is -2.34. The van der Waals surface area contributed by atoms with Crippen molar-refractivity contribution in [3.8, 4) is 0 Å². The third kappa shape index (κ3) is 3.99. The van der Waals surface area contributed by atoms with Crippen LogP contribution in [0.2, 0.25) is 0 Å². The van der Waals surface area contributed by atoms with Crippen LogP contribution in [0.1, 0.15) is 61.2 Å². The molecule has 0 amide bonds. The summed E-state index contributed by atoms with van der Waals surface area (Å²) in [5.74, 6) is 0. The van der Waals surface area contributed by atoms with Crippen LogP contribution in [-0.4, -0.2) is 25.2 Å². The Morgan fingerprint density at radius 2 is 1.95 bits per heavy atom. The third-order valence-corrected chi connectivity index (χ3v) is 4.87. The lowest BCUT2D eigenvalue weighted by molar-refractivity contribution is 0.301. The lowest BCUT2D eigenvalue weighted by atomic mass is 9.93. The number of hydrogen-bond donors (Lipinski definition) is 1. The van der Waals surface area contributed by atoms with E-state index in [9.17, 15) is 8.42 Å². The topological polar surface area (TPSA) is 81.2 Å². The first-order valence-electron chi connectivity index (χ1n) is 7.44. The number of fused-ring (bicyclic) bond motifs is 1. The van der Waals surface area contributed by atoms with Crippen molar-refractivity contribution in [3.63, 3.8) is 0 Å². The van der Waals surface area contributed by atoms with Gasteiger partial charge in [0.2, 0.25) is 0 Å². The van der Waals surface area contributed by atoms with E-state index in [2.05, 4.69) is 21.8 Å². The van der Waals surface area contributed by atoms with E-state index in [1.165, 1.54) is 0 Å². The summed E-state index contributed by atoms with van der Waals surface area (Å²) >= 11 is 0. The van der Waals surface area contributed by atoms with Crippen LogP contribution < -0.4 is 4.72 Å². The largest absolute Gasteiger partial charge is 0.336 e. The predicted molar refractivity (Wildman–Crippen MR) is 80.1 cm³/mol. The van der Waals surface area contributed by atoms with E-state index in [1.807, 2.05) is 13.8 Å². The molecule has 2 heterocycles. The molecule has 0 saturated heterocycles. The van der Waals surface area contributed by atoms with Crippen molar-refractivity contribution in [1.29, 1.82) is 0 Å². The molecule has 118 valence electrons. The maximum atomic E-state index is 11.9. The van der Waals surface area contributed by atoms with E-state index in [-0.39, 0.29) is 12.6 Å². The van der Waals surface area contributed by atoms with Crippen molar-refractivity contribution in [1.82, 2.24) is 14.9 Å². The first-order chi connectivity index (χ1) is 9.94. The maximum absolute atomic E-state index is 11.9. The molecule has 7 heteroatoms. The van der Waals surface area contributed by atoms with Crippen molar-refractivity contribution in [3.05, 3.63) is 22.5 Å². The summed E-state index contributed by atoms with van der Waals surface area (Å²) in [6.45, 7) is 6.05. The van der Waals surface area contributed by atoms with E-state index < -0.39 is 10.3 Å². The average molecular weight is 313 g/mol. The SMILES string of the molecule is CCCCCC1NS(=O)(=O)OCCc2c(C)nnc(C)c21. The Morgan fingerprint density at radius 1 is 1.24 bits per heavy atom. The van der Waals surface area contributed by atoms with Crippen LogP contribution in [-0.2, 0) is 20.9 Å². The van der Waals surface area contributed by atoms with E-state index in [0.717, 1.165) is 48.2 Å². The molecule has 1 N–H and O–H groups in total. The van der Waals surface area contributed by atoms with Gasteiger partial charge < -0.3 is 0 Å². The van der Waals surface area contributed by atoms with Gasteiger partial charge in [0, 0.05) is 0 Å². The fourth-order valence-corrected chi connectivity index (χ4v) is 3.73. The molecule has 2 rings (SSSR count). The molecule has 0 aliphatic carbocycles. The molecule has 0 bridgehead atoms. The standard InChI is InChI=1S/C14H23N3O3S/c1-4-5-6-7-13-14-11(3)16-15-10(2)12(14)8-9-20-21(18,19)17-13/h13,17H,4-9H2,1-3H3. The van der Waals surface area contributed by atoms with Crippen LogP contribution in [0.25, 0.3) is 0 Å². The van der Waals surface area contributed by atoms with Crippen molar-refractivity contribution < 1.29 is 12.6 Å². The van der Waals surface area contributed by atoms with Gasteiger partial charge in [0.15, 0.2) is 0 Å². The van der Waals surface area contributed by atoms with Crippen LogP contribution in [0, 0.1) is 13.8 Å². The average Bonchev–Trinajstić information content (AvgIpc) is 2.40. The molecule has 0 spiro atoms. The van der Waals surface area contributed by atoms with E-state index in [1.54, 1.807) is 0 Å².